The molecule has 0 heterocycles. The Morgan fingerprint density at radius 1 is 0.476 bits per heavy atom. The Hall–Kier alpha value is -2.80. The van der Waals surface area contributed by atoms with Gasteiger partial charge in [-0.3, -0.25) is 5.11 Å². The van der Waals surface area contributed by atoms with Crippen molar-refractivity contribution in [2.45, 2.75) is 0 Å². The molecule has 1 heteroatoms. The van der Waals surface area contributed by atoms with Crippen molar-refractivity contribution in [2.75, 3.05) is 0 Å². The van der Waals surface area contributed by atoms with E-state index in [2.05, 4.69) is 42.5 Å². The fourth-order valence-corrected chi connectivity index (χ4v) is 3.62. The van der Waals surface area contributed by atoms with Crippen molar-refractivity contribution in [2.24, 2.45) is 0 Å². The van der Waals surface area contributed by atoms with Crippen LogP contribution in [0.1, 0.15) is 0 Å². The largest absolute Gasteiger partial charge is 0.289 e. The van der Waals surface area contributed by atoms with E-state index in [4.69, 9.17) is 0 Å². The summed E-state index contributed by atoms with van der Waals surface area (Å²) in [6, 6.07) is 22.5. The lowest BCUT2D eigenvalue weighted by Crippen LogP contribution is -1.86. The van der Waals surface area contributed by atoms with Gasteiger partial charge >= 0.3 is 0 Å². The molecule has 0 unspecified atom stereocenters. The molecule has 21 heavy (non-hydrogen) atoms. The van der Waals surface area contributed by atoms with Gasteiger partial charge in [-0.05, 0) is 44.5 Å². The summed E-state index contributed by atoms with van der Waals surface area (Å²) in [5, 5.41) is 21.4. The lowest BCUT2D eigenvalue weighted by Gasteiger charge is -2.14. The van der Waals surface area contributed by atoms with E-state index >= 15 is 0 Å². The van der Waals surface area contributed by atoms with Crippen molar-refractivity contribution >= 4 is 43.1 Å². The van der Waals surface area contributed by atoms with Crippen LogP contribution in [0.3, 0.4) is 0 Å². The molecule has 0 bridgehead atoms. The summed E-state index contributed by atoms with van der Waals surface area (Å²) in [5.74, 6) is 0.0992. The van der Waals surface area contributed by atoms with E-state index in [0.29, 0.717) is 0 Å². The summed E-state index contributed by atoms with van der Waals surface area (Å²) in [7, 11) is 0. The maximum Gasteiger partial charge on any atom is 0.186 e. The Labute approximate surface area is 121 Å². The van der Waals surface area contributed by atoms with Crippen LogP contribution in [0.2, 0.25) is 0 Å². The molecule has 97 valence electrons. The molecule has 1 radical (unpaired) electrons. The SMILES string of the molecule is [O]c1ccc2c3cccc4cccc(c5cccc1c52)c43. The van der Waals surface area contributed by atoms with Gasteiger partial charge in [-0.1, -0.05) is 54.6 Å². The van der Waals surface area contributed by atoms with Gasteiger partial charge in [-0.25, -0.2) is 0 Å². The molecule has 0 atom stereocenters. The summed E-state index contributed by atoms with van der Waals surface area (Å²) in [5.41, 5.74) is 0. The third kappa shape index (κ3) is 1.26. The van der Waals surface area contributed by atoms with E-state index in [1.165, 1.54) is 32.3 Å². The van der Waals surface area contributed by atoms with E-state index in [-0.39, 0.29) is 5.75 Å². The molecular weight excluding hydrogens is 256 g/mol. The van der Waals surface area contributed by atoms with Crippen LogP contribution < -0.4 is 0 Å². The van der Waals surface area contributed by atoms with Crippen LogP contribution in [0.15, 0.2) is 66.7 Å². The molecule has 1 nitrogen and oxygen atoms in total. The second kappa shape index (κ2) is 3.64. The lowest BCUT2D eigenvalue weighted by molar-refractivity contribution is 0.360. The smallest absolute Gasteiger partial charge is 0.186 e. The first-order chi connectivity index (χ1) is 10.3. The van der Waals surface area contributed by atoms with Gasteiger partial charge in [0.05, 0.1) is 0 Å². The molecule has 0 saturated carbocycles. The molecule has 5 aromatic rings. The Morgan fingerprint density at radius 3 is 1.71 bits per heavy atom. The van der Waals surface area contributed by atoms with Crippen LogP contribution >= 0.6 is 0 Å². The predicted octanol–water partition coefficient (Wildman–Crippen LogP) is 5.88. The zero-order valence-electron chi connectivity index (χ0n) is 11.3. The van der Waals surface area contributed by atoms with Gasteiger partial charge in [0.2, 0.25) is 0 Å². The average Bonchev–Trinajstić information content (AvgIpc) is 2.54. The highest BCUT2D eigenvalue weighted by Crippen LogP contribution is 2.42. The second-order valence-electron chi connectivity index (χ2n) is 5.55. The highest BCUT2D eigenvalue weighted by molar-refractivity contribution is 6.33. The Kier molecular flexibility index (Phi) is 1.90. The molecule has 0 aliphatic carbocycles. The molecule has 0 spiro atoms. The Balaban J connectivity index is 2.29. The topological polar surface area (TPSA) is 19.9 Å². The minimum Gasteiger partial charge on any atom is -0.289 e. The summed E-state index contributed by atoms with van der Waals surface area (Å²) >= 11 is 0. The van der Waals surface area contributed by atoms with Gasteiger partial charge in [-0.2, -0.15) is 0 Å². The normalized spacial score (nSPS) is 12.0. The number of rotatable bonds is 0. The third-order valence-electron chi connectivity index (χ3n) is 4.49. The molecule has 0 aliphatic rings. The van der Waals surface area contributed by atoms with Crippen LogP contribution in [0.4, 0.5) is 0 Å². The number of fused-ring (bicyclic) bond motifs is 2. The molecule has 5 aromatic carbocycles. The highest BCUT2D eigenvalue weighted by Gasteiger charge is 2.14. The Bertz CT molecular complexity index is 1090. The van der Waals surface area contributed by atoms with Gasteiger partial charge in [0.15, 0.2) is 5.75 Å². The highest BCUT2D eigenvalue weighted by atomic mass is 16.3. The molecule has 0 aromatic heterocycles. The summed E-state index contributed by atoms with van der Waals surface area (Å²) in [6.07, 6.45) is 0. The van der Waals surface area contributed by atoms with Crippen molar-refractivity contribution in [1.82, 2.24) is 0 Å². The van der Waals surface area contributed by atoms with Gasteiger partial charge in [0, 0.05) is 10.8 Å². The molecule has 0 saturated heterocycles. The zero-order valence-corrected chi connectivity index (χ0v) is 11.3. The monoisotopic (exact) mass is 267 g/mol. The van der Waals surface area contributed by atoms with Crippen LogP contribution in [0.25, 0.3) is 43.1 Å². The van der Waals surface area contributed by atoms with Crippen LogP contribution in [-0.2, 0) is 5.11 Å². The van der Waals surface area contributed by atoms with Crippen LogP contribution in [-0.4, -0.2) is 0 Å². The first kappa shape index (κ1) is 10.9. The standard InChI is InChI=1S/C20H11O/c21-18-11-10-16-14-7-2-5-12-4-1-6-13(19(12)14)15-8-3-9-17(18)20(15)16/h1-11H. The van der Waals surface area contributed by atoms with Crippen molar-refractivity contribution in [3.05, 3.63) is 66.7 Å². The van der Waals surface area contributed by atoms with Crippen LogP contribution in [0.5, 0.6) is 5.75 Å². The molecule has 0 aliphatic heterocycles. The lowest BCUT2D eigenvalue weighted by atomic mass is 9.90. The van der Waals surface area contributed by atoms with E-state index < -0.39 is 0 Å². The summed E-state index contributed by atoms with van der Waals surface area (Å²) < 4.78 is 0. The van der Waals surface area contributed by atoms with Crippen molar-refractivity contribution in [3.63, 3.8) is 0 Å². The van der Waals surface area contributed by atoms with Crippen molar-refractivity contribution in [3.8, 4) is 5.75 Å². The first-order valence-electron chi connectivity index (χ1n) is 7.10. The molecule has 0 N–H and O–H groups in total. The molecular formula is C20H11O. The van der Waals surface area contributed by atoms with Gasteiger partial charge < -0.3 is 0 Å². The van der Waals surface area contributed by atoms with Gasteiger partial charge in [0.25, 0.3) is 0 Å². The number of benzene rings is 5. The van der Waals surface area contributed by atoms with Crippen molar-refractivity contribution < 1.29 is 5.11 Å². The van der Waals surface area contributed by atoms with E-state index in [1.807, 2.05) is 18.2 Å². The predicted molar refractivity (Wildman–Crippen MR) is 87.8 cm³/mol. The average molecular weight is 267 g/mol. The van der Waals surface area contributed by atoms with Gasteiger partial charge in [-0.15, -0.1) is 0 Å². The summed E-state index contributed by atoms with van der Waals surface area (Å²) in [6.45, 7) is 0. The molecule has 0 fully saturated rings. The number of hydrogen-bond donors (Lipinski definition) is 0. The molecule has 0 amide bonds. The maximum atomic E-state index is 12.2. The molecule has 5 rings (SSSR count). The van der Waals surface area contributed by atoms with Crippen molar-refractivity contribution in [1.29, 1.82) is 0 Å². The minimum absolute atomic E-state index is 0.0992. The van der Waals surface area contributed by atoms with E-state index in [0.717, 1.165) is 10.8 Å². The Morgan fingerprint density at radius 2 is 1.00 bits per heavy atom. The zero-order chi connectivity index (χ0) is 14.0. The maximum absolute atomic E-state index is 12.2. The van der Waals surface area contributed by atoms with Gasteiger partial charge in [0.1, 0.15) is 0 Å². The number of hydrogen-bond acceptors (Lipinski definition) is 0. The second-order valence-corrected chi connectivity index (χ2v) is 5.55. The quantitative estimate of drug-likeness (QED) is 0.246. The fraction of sp³-hybridized carbons (Fsp3) is 0. The van der Waals surface area contributed by atoms with Crippen LogP contribution in [0, 0.1) is 0 Å². The van der Waals surface area contributed by atoms with E-state index in [1.54, 1.807) is 6.07 Å². The summed E-state index contributed by atoms with van der Waals surface area (Å²) in [4.78, 5) is 0. The minimum atomic E-state index is 0.0992. The van der Waals surface area contributed by atoms with E-state index in [9.17, 15) is 5.11 Å². The fourth-order valence-electron chi connectivity index (χ4n) is 3.62. The first-order valence-corrected chi connectivity index (χ1v) is 7.10. The third-order valence-corrected chi connectivity index (χ3v) is 4.49.